The van der Waals surface area contributed by atoms with Crippen molar-refractivity contribution in [3.63, 3.8) is 0 Å². The first-order valence-corrected chi connectivity index (χ1v) is 20.6. The summed E-state index contributed by atoms with van der Waals surface area (Å²) in [6.45, 7) is -0.648. The summed E-state index contributed by atoms with van der Waals surface area (Å²) >= 11 is 0. The molecule has 0 saturated carbocycles. The number of rotatable bonds is 14. The Kier molecular flexibility index (Phi) is 10.8. The van der Waals surface area contributed by atoms with Crippen molar-refractivity contribution in [1.82, 2.24) is 19.9 Å². The lowest BCUT2D eigenvalue weighted by Crippen LogP contribution is -2.07. The zero-order valence-electron chi connectivity index (χ0n) is 28.7. The van der Waals surface area contributed by atoms with Gasteiger partial charge in [0.1, 0.15) is 23.1 Å². The molecule has 2 heterocycles. The highest BCUT2D eigenvalue weighted by molar-refractivity contribution is 7.52. The van der Waals surface area contributed by atoms with Gasteiger partial charge in [0.05, 0.1) is 59.4 Å². The summed E-state index contributed by atoms with van der Waals surface area (Å²) in [5.41, 5.74) is 6.92. The molecule has 0 aliphatic heterocycles. The van der Waals surface area contributed by atoms with Crippen LogP contribution in [0.2, 0.25) is 0 Å². The van der Waals surface area contributed by atoms with E-state index in [2.05, 4.69) is 9.97 Å². The van der Waals surface area contributed by atoms with Gasteiger partial charge in [0.2, 0.25) is 0 Å². The minimum atomic E-state index is -4.42. The van der Waals surface area contributed by atoms with E-state index < -0.39 is 27.5 Å². The average molecular weight is 763 g/mol. The van der Waals surface area contributed by atoms with E-state index in [0.717, 1.165) is 33.6 Å². The quantitative estimate of drug-likeness (QED) is 0.0588. The van der Waals surface area contributed by atoms with Crippen molar-refractivity contribution in [1.29, 1.82) is 0 Å². The molecule has 12 nitrogen and oxygen atoms in total. The molecule has 0 amide bonds. The van der Waals surface area contributed by atoms with Crippen LogP contribution in [0.25, 0.3) is 67.8 Å². The molecule has 0 saturated heterocycles. The molecular weight excluding hydrogens is 726 g/mol. The van der Waals surface area contributed by atoms with Crippen molar-refractivity contribution in [2.45, 2.75) is 0 Å². The van der Waals surface area contributed by atoms with Gasteiger partial charge in [0.15, 0.2) is 0 Å². The molecule has 0 spiro atoms. The third kappa shape index (κ3) is 8.78. The van der Waals surface area contributed by atoms with E-state index in [0.29, 0.717) is 34.2 Å². The van der Waals surface area contributed by atoms with Crippen molar-refractivity contribution < 1.29 is 38.2 Å². The summed E-state index contributed by atoms with van der Waals surface area (Å²) < 4.78 is 36.0. The van der Waals surface area contributed by atoms with Crippen LogP contribution in [0, 0.1) is 0 Å². The number of aromatic nitrogens is 4. The second kappa shape index (κ2) is 15.8. The Morgan fingerprint density at radius 2 is 0.796 bits per heavy atom. The molecule has 7 rings (SSSR count). The van der Waals surface area contributed by atoms with Gasteiger partial charge in [-0.2, -0.15) is 0 Å². The number of hydrogen-bond donors (Lipinski definition) is 6. The highest BCUT2D eigenvalue weighted by atomic mass is 31.2. The topological polar surface area (TPSA) is 191 Å². The smallest absolute Gasteiger partial charge is 0.328 e. The fraction of sp³-hybridized carbons (Fsp3) is 0.100. The molecule has 5 aromatic carbocycles. The maximum Gasteiger partial charge on any atom is 0.328 e. The van der Waals surface area contributed by atoms with Gasteiger partial charge in [-0.15, -0.1) is 0 Å². The fourth-order valence-electron chi connectivity index (χ4n) is 5.96. The normalized spacial score (nSPS) is 11.8. The van der Waals surface area contributed by atoms with Crippen LogP contribution >= 0.6 is 15.2 Å². The molecule has 0 fully saturated rings. The predicted octanol–water partition coefficient (Wildman–Crippen LogP) is 8.25. The van der Waals surface area contributed by atoms with Gasteiger partial charge in [-0.1, -0.05) is 121 Å². The zero-order chi connectivity index (χ0) is 37.7. The highest BCUT2D eigenvalue weighted by Crippen LogP contribution is 2.44. The summed E-state index contributed by atoms with van der Waals surface area (Å²) in [5.74, 6) is 1.15. The summed E-state index contributed by atoms with van der Waals surface area (Å²) in [5, 5.41) is 0. The van der Waals surface area contributed by atoms with Gasteiger partial charge >= 0.3 is 15.2 Å². The predicted molar refractivity (Wildman–Crippen MR) is 208 cm³/mol. The second-order valence-electron chi connectivity index (χ2n) is 12.4. The lowest BCUT2D eigenvalue weighted by atomic mass is 10.1. The number of nitrogens with one attached hydrogen (secondary N) is 2. The number of imidazole rings is 2. The van der Waals surface area contributed by atoms with Crippen molar-refractivity contribution in [3.05, 3.63) is 133 Å². The lowest BCUT2D eigenvalue weighted by molar-refractivity contribution is 0.310. The Balaban J connectivity index is 1.44. The van der Waals surface area contributed by atoms with Crippen molar-refractivity contribution in [2.75, 3.05) is 25.5 Å². The molecule has 14 heteroatoms. The van der Waals surface area contributed by atoms with E-state index in [1.165, 1.54) is 0 Å². The molecule has 0 unspecified atom stereocenters. The van der Waals surface area contributed by atoms with Crippen LogP contribution in [-0.4, -0.2) is 65.0 Å². The van der Waals surface area contributed by atoms with Gasteiger partial charge in [-0.25, -0.2) is 9.97 Å². The van der Waals surface area contributed by atoms with Crippen LogP contribution in [0.15, 0.2) is 133 Å². The first-order valence-electron chi connectivity index (χ1n) is 17.0. The molecule has 7 aromatic rings. The van der Waals surface area contributed by atoms with Gasteiger partial charge in [0, 0.05) is 22.3 Å². The molecule has 0 atom stereocenters. The van der Waals surface area contributed by atoms with E-state index in [9.17, 15) is 28.7 Å². The second-order valence-corrected chi connectivity index (χ2v) is 16.0. The van der Waals surface area contributed by atoms with Gasteiger partial charge < -0.3 is 39.0 Å². The maximum atomic E-state index is 11.9. The minimum Gasteiger partial charge on any atom is -0.492 e. The average Bonchev–Trinajstić information content (AvgIpc) is 3.82. The van der Waals surface area contributed by atoms with Crippen LogP contribution in [0.5, 0.6) is 11.5 Å². The first-order chi connectivity index (χ1) is 26.0. The summed E-state index contributed by atoms with van der Waals surface area (Å²) in [4.78, 5) is 55.6. The highest BCUT2D eigenvalue weighted by Gasteiger charge is 2.25. The van der Waals surface area contributed by atoms with Crippen molar-refractivity contribution in [2.24, 2.45) is 0 Å². The van der Waals surface area contributed by atoms with Crippen LogP contribution in [0.3, 0.4) is 0 Å². The number of H-pyrrole nitrogens is 2. The van der Waals surface area contributed by atoms with E-state index in [-0.39, 0.29) is 24.7 Å². The number of nitrogens with zero attached hydrogens (tertiary/aromatic N) is 2. The maximum absolute atomic E-state index is 11.9. The van der Waals surface area contributed by atoms with Gasteiger partial charge in [0.25, 0.3) is 0 Å². The van der Waals surface area contributed by atoms with Crippen LogP contribution in [0.1, 0.15) is 0 Å². The van der Waals surface area contributed by atoms with E-state index in [1.54, 1.807) is 12.1 Å². The largest absolute Gasteiger partial charge is 0.492 e. The summed E-state index contributed by atoms with van der Waals surface area (Å²) in [6.07, 6.45) is -1.08. The third-order valence-corrected chi connectivity index (χ3v) is 10.0. The SMILES string of the molecule is O=P(O)(O)CCOc1cc(-c2nc(-c3ccccc3)c(-c3ccccc3)[nH]2)c(OCCP(=O)(O)O)cc1-c1nc(-c2ccccc2)c(-c2ccccc2)[nH]1. The van der Waals surface area contributed by atoms with E-state index in [4.69, 9.17) is 19.4 Å². The zero-order valence-corrected chi connectivity index (χ0v) is 30.5. The standard InChI is InChI=1S/C40H36N4O8P2/c45-53(46,47)23-21-51-33-26-32(40-43-37(29-17-9-3-10-18-29)38(44-40)30-19-11-4-12-20-30)34(52-22-24-54(48,49)50)25-31(33)39-41-35(27-13-5-1-6-14-27)36(42-39)28-15-7-2-8-16-28/h1-20,25-26H,21-24H2,(H,41,42)(H,43,44)(H2,45,46,47)(H2,48,49,50). The number of hydrogen-bond acceptors (Lipinski definition) is 6. The van der Waals surface area contributed by atoms with E-state index >= 15 is 0 Å². The van der Waals surface area contributed by atoms with Crippen LogP contribution < -0.4 is 9.47 Å². The van der Waals surface area contributed by atoms with Gasteiger partial charge in [-0.05, 0) is 12.1 Å². The Labute approximate surface area is 310 Å². The van der Waals surface area contributed by atoms with Crippen LogP contribution in [-0.2, 0) is 9.13 Å². The number of aromatic amines is 2. The minimum absolute atomic E-state index is 0.215. The monoisotopic (exact) mass is 762 g/mol. The van der Waals surface area contributed by atoms with Crippen molar-refractivity contribution >= 4 is 15.2 Å². The molecule has 0 radical (unpaired) electrons. The summed E-state index contributed by atoms with van der Waals surface area (Å²) in [6, 6.07) is 41.8. The Hall–Kier alpha value is -5.58. The van der Waals surface area contributed by atoms with Gasteiger partial charge in [-0.3, -0.25) is 9.13 Å². The fourth-order valence-corrected chi connectivity index (χ4v) is 6.62. The molecule has 0 bridgehead atoms. The Bertz CT molecular complexity index is 2160. The van der Waals surface area contributed by atoms with Crippen LogP contribution in [0.4, 0.5) is 0 Å². The molecule has 274 valence electrons. The number of ether oxygens (including phenoxy) is 2. The Morgan fingerprint density at radius 3 is 1.11 bits per heavy atom. The Morgan fingerprint density at radius 1 is 0.481 bits per heavy atom. The molecule has 6 N–H and O–H groups in total. The van der Waals surface area contributed by atoms with Crippen molar-refractivity contribution in [3.8, 4) is 79.3 Å². The molecule has 54 heavy (non-hydrogen) atoms. The lowest BCUT2D eigenvalue weighted by Gasteiger charge is -2.17. The molecule has 2 aromatic heterocycles. The first kappa shape index (κ1) is 36.8. The third-order valence-electron chi connectivity index (χ3n) is 8.50. The summed E-state index contributed by atoms with van der Waals surface area (Å²) in [7, 11) is -8.84. The molecule has 0 aliphatic rings. The number of benzene rings is 5. The molecular formula is C40H36N4O8P2. The molecule has 0 aliphatic carbocycles. The van der Waals surface area contributed by atoms with E-state index in [1.807, 2.05) is 121 Å².